The van der Waals surface area contributed by atoms with E-state index in [4.69, 9.17) is 4.74 Å². The highest BCUT2D eigenvalue weighted by atomic mass is 16.5. The molecule has 1 aliphatic heterocycles. The Balaban J connectivity index is 1.65. The summed E-state index contributed by atoms with van der Waals surface area (Å²) in [6.45, 7) is 6.04. The Kier molecular flexibility index (Phi) is 6.08. The zero-order valence-corrected chi connectivity index (χ0v) is 16.4. The minimum atomic E-state index is -0.138. The molecule has 2 amide bonds. The topological polar surface area (TPSA) is 87.7 Å². The minimum Gasteiger partial charge on any atom is -0.497 e. The highest BCUT2D eigenvalue weighted by molar-refractivity contribution is 5.93. The largest absolute Gasteiger partial charge is 0.497 e. The van der Waals surface area contributed by atoms with Crippen molar-refractivity contribution in [1.29, 1.82) is 0 Å². The van der Waals surface area contributed by atoms with E-state index in [0.717, 1.165) is 17.0 Å². The number of aromatic nitrogens is 2. The van der Waals surface area contributed by atoms with Crippen LogP contribution in [0.5, 0.6) is 5.75 Å². The van der Waals surface area contributed by atoms with Gasteiger partial charge >= 0.3 is 0 Å². The number of hydrogen-bond acceptors (Lipinski definition) is 6. The standard InChI is InChI=1S/C20H25N5O3/c1-14-12-18(19(27)25-10-8-24(9-11-25)15(2)26)23-20(22-14)21-13-16-4-6-17(28-3)7-5-16/h4-7,12H,8-11,13H2,1-3H3,(H,21,22,23). The van der Waals surface area contributed by atoms with Crippen LogP contribution >= 0.6 is 0 Å². The van der Waals surface area contributed by atoms with Crippen molar-refractivity contribution in [3.8, 4) is 5.75 Å². The molecule has 1 fully saturated rings. The molecule has 28 heavy (non-hydrogen) atoms. The Bertz CT molecular complexity index is 845. The average molecular weight is 383 g/mol. The smallest absolute Gasteiger partial charge is 0.272 e. The molecule has 1 N–H and O–H groups in total. The van der Waals surface area contributed by atoms with Gasteiger partial charge in [0.05, 0.1) is 7.11 Å². The quantitative estimate of drug-likeness (QED) is 0.846. The maximum atomic E-state index is 12.8. The third-order valence-electron chi connectivity index (χ3n) is 4.70. The van der Waals surface area contributed by atoms with Gasteiger partial charge in [-0.05, 0) is 30.7 Å². The number of hydrogen-bond donors (Lipinski definition) is 1. The average Bonchev–Trinajstić information content (AvgIpc) is 2.71. The van der Waals surface area contributed by atoms with E-state index in [9.17, 15) is 9.59 Å². The first kappa shape index (κ1) is 19.6. The maximum absolute atomic E-state index is 12.8. The van der Waals surface area contributed by atoms with Crippen molar-refractivity contribution in [2.45, 2.75) is 20.4 Å². The Morgan fingerprint density at radius 1 is 1.07 bits per heavy atom. The summed E-state index contributed by atoms with van der Waals surface area (Å²) >= 11 is 0. The van der Waals surface area contributed by atoms with E-state index in [1.165, 1.54) is 0 Å². The number of aryl methyl sites for hydroxylation is 1. The second-order valence-corrected chi connectivity index (χ2v) is 6.72. The number of amides is 2. The van der Waals surface area contributed by atoms with Crippen molar-refractivity contribution >= 4 is 17.8 Å². The van der Waals surface area contributed by atoms with E-state index in [1.807, 2.05) is 31.2 Å². The molecular weight excluding hydrogens is 358 g/mol. The highest BCUT2D eigenvalue weighted by Crippen LogP contribution is 2.14. The Morgan fingerprint density at radius 2 is 1.71 bits per heavy atom. The highest BCUT2D eigenvalue weighted by Gasteiger charge is 2.24. The molecule has 0 unspecified atom stereocenters. The fraction of sp³-hybridized carbons (Fsp3) is 0.400. The van der Waals surface area contributed by atoms with E-state index >= 15 is 0 Å². The maximum Gasteiger partial charge on any atom is 0.272 e. The van der Waals surface area contributed by atoms with Crippen molar-refractivity contribution in [2.75, 3.05) is 38.6 Å². The summed E-state index contributed by atoms with van der Waals surface area (Å²) in [5, 5.41) is 3.17. The molecule has 0 bridgehead atoms. The summed E-state index contributed by atoms with van der Waals surface area (Å²) in [4.78, 5) is 36.5. The molecule has 0 saturated carbocycles. The Morgan fingerprint density at radius 3 is 2.32 bits per heavy atom. The zero-order valence-electron chi connectivity index (χ0n) is 16.4. The molecule has 2 aromatic rings. The second kappa shape index (κ2) is 8.69. The van der Waals surface area contributed by atoms with Crippen LogP contribution < -0.4 is 10.1 Å². The minimum absolute atomic E-state index is 0.0370. The summed E-state index contributed by atoms with van der Waals surface area (Å²) in [6, 6.07) is 9.40. The molecule has 0 radical (unpaired) electrons. The van der Waals surface area contributed by atoms with Gasteiger partial charge in [-0.1, -0.05) is 12.1 Å². The van der Waals surface area contributed by atoms with E-state index in [-0.39, 0.29) is 11.8 Å². The van der Waals surface area contributed by atoms with Crippen LogP contribution in [0, 0.1) is 6.92 Å². The van der Waals surface area contributed by atoms with Gasteiger partial charge in [0.1, 0.15) is 11.4 Å². The normalized spacial score (nSPS) is 14.0. The number of ether oxygens (including phenoxy) is 1. The molecule has 2 heterocycles. The van der Waals surface area contributed by atoms with E-state index in [0.29, 0.717) is 44.4 Å². The molecule has 1 aromatic heterocycles. The van der Waals surface area contributed by atoms with Gasteiger partial charge in [0.15, 0.2) is 0 Å². The van der Waals surface area contributed by atoms with Gasteiger partial charge in [-0.2, -0.15) is 0 Å². The van der Waals surface area contributed by atoms with Gasteiger partial charge in [-0.15, -0.1) is 0 Å². The fourth-order valence-electron chi connectivity index (χ4n) is 3.07. The monoisotopic (exact) mass is 383 g/mol. The van der Waals surface area contributed by atoms with Crippen LogP contribution in [0.1, 0.15) is 28.7 Å². The number of piperazine rings is 1. The Labute approximate surface area is 164 Å². The summed E-state index contributed by atoms with van der Waals surface area (Å²) in [7, 11) is 1.63. The zero-order chi connectivity index (χ0) is 20.1. The third kappa shape index (κ3) is 4.76. The van der Waals surface area contributed by atoms with Crippen LogP contribution in [0.2, 0.25) is 0 Å². The fourth-order valence-corrected chi connectivity index (χ4v) is 3.07. The molecular formula is C20H25N5O3. The van der Waals surface area contributed by atoms with E-state index in [1.54, 1.807) is 29.9 Å². The molecule has 148 valence electrons. The predicted molar refractivity (Wildman–Crippen MR) is 105 cm³/mol. The molecule has 0 spiro atoms. The van der Waals surface area contributed by atoms with E-state index < -0.39 is 0 Å². The number of nitrogens with one attached hydrogen (secondary N) is 1. The van der Waals surface area contributed by atoms with Crippen molar-refractivity contribution in [3.05, 3.63) is 47.3 Å². The molecule has 1 saturated heterocycles. The van der Waals surface area contributed by atoms with E-state index in [2.05, 4.69) is 15.3 Å². The van der Waals surface area contributed by atoms with Crippen LogP contribution in [0.3, 0.4) is 0 Å². The van der Waals surface area contributed by atoms with Crippen LogP contribution in [0.4, 0.5) is 5.95 Å². The van der Waals surface area contributed by atoms with Crippen molar-refractivity contribution in [1.82, 2.24) is 19.8 Å². The van der Waals surface area contributed by atoms with Crippen LogP contribution in [0.15, 0.2) is 30.3 Å². The number of benzene rings is 1. The van der Waals surface area contributed by atoms with Crippen LogP contribution in [-0.2, 0) is 11.3 Å². The van der Waals surface area contributed by atoms with Gasteiger partial charge in [0, 0.05) is 45.3 Å². The predicted octanol–water partition coefficient (Wildman–Crippen LogP) is 1.71. The summed E-state index contributed by atoms with van der Waals surface area (Å²) in [6.07, 6.45) is 0. The first-order valence-electron chi connectivity index (χ1n) is 9.23. The molecule has 3 rings (SSSR count). The SMILES string of the molecule is COc1ccc(CNc2nc(C)cc(C(=O)N3CCN(C(C)=O)CC3)n2)cc1. The number of carbonyl (C=O) groups excluding carboxylic acids is 2. The molecule has 0 aliphatic carbocycles. The van der Waals surface area contributed by atoms with Crippen molar-refractivity contribution in [2.24, 2.45) is 0 Å². The van der Waals surface area contributed by atoms with Gasteiger partial charge < -0.3 is 19.9 Å². The lowest BCUT2D eigenvalue weighted by molar-refractivity contribution is -0.130. The summed E-state index contributed by atoms with van der Waals surface area (Å²) < 4.78 is 5.16. The number of nitrogens with zero attached hydrogens (tertiary/aromatic N) is 4. The first-order chi connectivity index (χ1) is 13.5. The number of rotatable bonds is 5. The Hall–Kier alpha value is -3.16. The second-order valence-electron chi connectivity index (χ2n) is 6.72. The van der Waals surface area contributed by atoms with Crippen LogP contribution in [0.25, 0.3) is 0 Å². The molecule has 1 aliphatic rings. The molecule has 0 atom stereocenters. The lowest BCUT2D eigenvalue weighted by Crippen LogP contribution is -2.50. The van der Waals surface area contributed by atoms with Gasteiger partial charge in [0.25, 0.3) is 5.91 Å². The third-order valence-corrected chi connectivity index (χ3v) is 4.70. The number of methoxy groups -OCH3 is 1. The molecule has 1 aromatic carbocycles. The summed E-state index contributed by atoms with van der Waals surface area (Å²) in [5.74, 6) is 1.12. The first-order valence-corrected chi connectivity index (χ1v) is 9.23. The summed E-state index contributed by atoms with van der Waals surface area (Å²) in [5.41, 5.74) is 2.14. The van der Waals surface area contributed by atoms with Crippen molar-refractivity contribution in [3.63, 3.8) is 0 Å². The van der Waals surface area contributed by atoms with Gasteiger partial charge in [0.2, 0.25) is 11.9 Å². The van der Waals surface area contributed by atoms with Gasteiger partial charge in [-0.3, -0.25) is 9.59 Å². The number of carbonyl (C=O) groups is 2. The lowest BCUT2D eigenvalue weighted by Gasteiger charge is -2.34. The van der Waals surface area contributed by atoms with Gasteiger partial charge in [-0.25, -0.2) is 9.97 Å². The van der Waals surface area contributed by atoms with Crippen molar-refractivity contribution < 1.29 is 14.3 Å². The van der Waals surface area contributed by atoms with Crippen LogP contribution in [-0.4, -0.2) is 64.9 Å². The molecule has 8 nitrogen and oxygen atoms in total. The number of anilines is 1. The molecule has 8 heteroatoms. The lowest BCUT2D eigenvalue weighted by atomic mass is 10.2.